The first-order valence-electron chi connectivity index (χ1n) is 3.50. The molecule has 0 fully saturated rings. The van der Waals surface area contributed by atoms with Gasteiger partial charge in [-0.05, 0) is 24.1 Å². The molecule has 0 radical (unpaired) electrons. The van der Waals surface area contributed by atoms with Crippen LogP contribution in [0.4, 0.5) is 0 Å². The van der Waals surface area contributed by atoms with E-state index in [0.717, 1.165) is 0 Å². The van der Waals surface area contributed by atoms with Crippen LogP contribution in [-0.4, -0.2) is 19.2 Å². The summed E-state index contributed by atoms with van der Waals surface area (Å²) in [5.74, 6) is -0.637. The predicted molar refractivity (Wildman–Crippen MR) is 48.0 cm³/mol. The topological polar surface area (TPSA) is 88.2 Å². The molecule has 13 heavy (non-hydrogen) atoms. The van der Waals surface area contributed by atoms with Gasteiger partial charge in [-0.2, -0.15) is 0 Å². The van der Waals surface area contributed by atoms with Gasteiger partial charge in [-0.3, -0.25) is 9.00 Å². The fourth-order valence-electron chi connectivity index (χ4n) is 1.08. The number of carbonyl (C=O) groups excluding carboxylic acids is 1. The second kappa shape index (κ2) is 3.31. The van der Waals surface area contributed by atoms with Crippen molar-refractivity contribution in [3.05, 3.63) is 17.5 Å². The van der Waals surface area contributed by atoms with Gasteiger partial charge in [-0.25, -0.2) is 0 Å². The molecule has 0 spiro atoms. The molecule has 6 heteroatoms. The zero-order valence-electron chi connectivity index (χ0n) is 7.23. The van der Waals surface area contributed by atoms with Crippen molar-refractivity contribution in [2.24, 2.45) is 12.8 Å². The van der Waals surface area contributed by atoms with Gasteiger partial charge >= 0.3 is 0 Å². The van der Waals surface area contributed by atoms with Crippen molar-refractivity contribution < 1.29 is 15.0 Å². The molecular weight excluding hydrogens is 192 g/mol. The summed E-state index contributed by atoms with van der Waals surface area (Å²) >= 11 is -2.33. The Morgan fingerprint density at radius 1 is 1.77 bits per heavy atom. The maximum Gasteiger partial charge on any atom is 0.265 e. The monoisotopic (exact) mass is 203 g/mol. The minimum Gasteiger partial charge on any atom is -0.768 e. The Hall–Kier alpha value is -1.14. The summed E-state index contributed by atoms with van der Waals surface area (Å²) in [5, 5.41) is 0. The summed E-state index contributed by atoms with van der Waals surface area (Å²) in [6.45, 7) is 1.61. The van der Waals surface area contributed by atoms with Crippen molar-refractivity contribution in [1.82, 2.24) is 4.57 Å². The average Bonchev–Trinajstić information content (AvgIpc) is 2.29. The second-order valence-corrected chi connectivity index (χ2v) is 3.55. The van der Waals surface area contributed by atoms with Crippen molar-refractivity contribution in [3.8, 4) is 0 Å². The molecule has 1 atom stereocenters. The number of carbonyl (C=O) groups is 1. The van der Waals surface area contributed by atoms with Gasteiger partial charge in [-0.1, -0.05) is 0 Å². The minimum absolute atomic E-state index is 0. The number of hydrogen-bond donors (Lipinski definition) is 1. The Labute approximate surface area is 79.3 Å². The van der Waals surface area contributed by atoms with E-state index < -0.39 is 17.0 Å². The molecule has 0 aliphatic heterocycles. The molecule has 1 aromatic rings. The lowest BCUT2D eigenvalue weighted by molar-refractivity contribution is 0.0992. The van der Waals surface area contributed by atoms with Gasteiger partial charge in [0, 0.05) is 19.1 Å². The highest BCUT2D eigenvalue weighted by molar-refractivity contribution is 7.79. The summed E-state index contributed by atoms with van der Waals surface area (Å²) in [7, 11) is 1.59. The number of nitrogens with zero attached hydrogens (tertiary/aromatic N) is 1. The first-order chi connectivity index (χ1) is 5.95. The van der Waals surface area contributed by atoms with Gasteiger partial charge in [0.15, 0.2) is 0 Å². The Bertz CT molecular complexity index is 354. The Kier molecular flexibility index (Phi) is 2.53. The van der Waals surface area contributed by atoms with Crippen molar-refractivity contribution in [2.45, 2.75) is 11.8 Å². The number of rotatable bonds is 2. The Balaban J connectivity index is 0.00000169. The van der Waals surface area contributed by atoms with Gasteiger partial charge < -0.3 is 14.9 Å². The molecular formula is C7H11N2O3S-. The first-order valence-corrected chi connectivity index (χ1v) is 4.58. The Morgan fingerprint density at radius 2 is 2.31 bits per heavy atom. The molecule has 0 bridgehead atoms. The molecule has 2 N–H and O–H groups in total. The van der Waals surface area contributed by atoms with Crippen LogP contribution < -0.4 is 5.73 Å². The van der Waals surface area contributed by atoms with E-state index in [1.165, 1.54) is 10.6 Å². The Morgan fingerprint density at radius 3 is 2.54 bits per heavy atom. The average molecular weight is 203 g/mol. The lowest BCUT2D eigenvalue weighted by Gasteiger charge is -2.04. The number of aromatic nitrogens is 1. The van der Waals surface area contributed by atoms with Gasteiger partial charge in [0.25, 0.3) is 5.91 Å². The van der Waals surface area contributed by atoms with Crippen LogP contribution in [0.3, 0.4) is 0 Å². The molecule has 0 saturated carbocycles. The van der Waals surface area contributed by atoms with Crippen molar-refractivity contribution >= 4 is 17.0 Å². The van der Waals surface area contributed by atoms with Crippen molar-refractivity contribution in [2.75, 3.05) is 0 Å². The first kappa shape index (κ1) is 9.94. The molecule has 1 heterocycles. The molecule has 1 aromatic heterocycles. The van der Waals surface area contributed by atoms with Crippen LogP contribution in [0.1, 0.15) is 17.6 Å². The zero-order chi connectivity index (χ0) is 10.2. The largest absolute Gasteiger partial charge is 0.768 e. The van der Waals surface area contributed by atoms with E-state index in [4.69, 9.17) is 5.73 Å². The maximum atomic E-state index is 10.8. The zero-order valence-corrected chi connectivity index (χ0v) is 8.05. The van der Waals surface area contributed by atoms with E-state index in [2.05, 4.69) is 0 Å². The highest BCUT2D eigenvalue weighted by atomic mass is 32.2. The smallest absolute Gasteiger partial charge is 0.265 e. The van der Waals surface area contributed by atoms with Gasteiger partial charge in [0.05, 0.1) is 0 Å². The van der Waals surface area contributed by atoms with E-state index in [1.54, 1.807) is 14.0 Å². The third-order valence-electron chi connectivity index (χ3n) is 1.92. The highest BCUT2D eigenvalue weighted by Gasteiger charge is 2.12. The van der Waals surface area contributed by atoms with E-state index in [9.17, 15) is 13.6 Å². The minimum atomic E-state index is -2.33. The SMILES string of the molecule is Cc1c(S(=O)[O-])cc(C(N)=O)n1C.[HH]. The van der Waals surface area contributed by atoms with Crippen molar-refractivity contribution in [3.63, 3.8) is 0 Å². The molecule has 74 valence electrons. The van der Waals surface area contributed by atoms with Crippen LogP contribution in [0.15, 0.2) is 11.0 Å². The highest BCUT2D eigenvalue weighted by Crippen LogP contribution is 2.16. The lowest BCUT2D eigenvalue weighted by atomic mass is 10.4. The summed E-state index contributed by atoms with van der Waals surface area (Å²) in [6.07, 6.45) is 0. The molecule has 1 rings (SSSR count). The normalized spacial score (nSPS) is 12.8. The number of amides is 1. The van der Waals surface area contributed by atoms with Gasteiger partial charge in [-0.15, -0.1) is 0 Å². The molecule has 1 amide bonds. The molecule has 0 saturated heterocycles. The van der Waals surface area contributed by atoms with Crippen LogP contribution in [0, 0.1) is 6.92 Å². The van der Waals surface area contributed by atoms with E-state index in [0.29, 0.717) is 5.69 Å². The van der Waals surface area contributed by atoms with E-state index >= 15 is 0 Å². The van der Waals surface area contributed by atoms with Crippen LogP contribution >= 0.6 is 0 Å². The molecule has 1 unspecified atom stereocenters. The maximum absolute atomic E-state index is 10.8. The molecule has 0 aliphatic carbocycles. The van der Waals surface area contributed by atoms with Crippen LogP contribution in [0.25, 0.3) is 0 Å². The number of nitrogens with two attached hydrogens (primary N) is 1. The fourth-order valence-corrected chi connectivity index (χ4v) is 1.66. The summed E-state index contributed by atoms with van der Waals surface area (Å²) in [5.41, 5.74) is 5.73. The fraction of sp³-hybridized carbons (Fsp3) is 0.286. The molecule has 0 aromatic carbocycles. The standard InChI is InChI=1S/C7H10N2O3S.H2/c1-4-6(13(11)12)3-5(7(8)10)9(4)2;/h3H,1-2H3,(H2,8,10)(H,11,12);1H/p-1. The third-order valence-corrected chi connectivity index (χ3v) is 2.69. The van der Waals surface area contributed by atoms with E-state index in [-0.39, 0.29) is 12.0 Å². The lowest BCUT2D eigenvalue weighted by Crippen LogP contribution is -2.15. The second-order valence-electron chi connectivity index (χ2n) is 2.64. The summed E-state index contributed by atoms with van der Waals surface area (Å²) in [4.78, 5) is 10.9. The van der Waals surface area contributed by atoms with Gasteiger partial charge in [0.1, 0.15) is 5.69 Å². The molecule has 5 nitrogen and oxygen atoms in total. The number of hydrogen-bond acceptors (Lipinski definition) is 3. The molecule has 0 aliphatic rings. The van der Waals surface area contributed by atoms with Crippen molar-refractivity contribution in [1.29, 1.82) is 0 Å². The quantitative estimate of drug-likeness (QED) is 0.681. The predicted octanol–water partition coefficient (Wildman–Crippen LogP) is -0.0836. The number of primary amides is 1. The summed E-state index contributed by atoms with van der Waals surface area (Å²) < 4.78 is 22.7. The van der Waals surface area contributed by atoms with Crippen LogP contribution in [0.2, 0.25) is 0 Å². The van der Waals surface area contributed by atoms with Crippen LogP contribution in [-0.2, 0) is 18.1 Å². The summed E-state index contributed by atoms with van der Waals surface area (Å²) in [6, 6.07) is 1.26. The van der Waals surface area contributed by atoms with Gasteiger partial charge in [0.2, 0.25) is 0 Å². The van der Waals surface area contributed by atoms with E-state index in [1.807, 2.05) is 0 Å². The third kappa shape index (κ3) is 1.63. The van der Waals surface area contributed by atoms with Crippen LogP contribution in [0.5, 0.6) is 0 Å².